The van der Waals surface area contributed by atoms with Crippen molar-refractivity contribution >= 4 is 29.9 Å². The van der Waals surface area contributed by atoms with Gasteiger partial charge in [-0.3, -0.25) is 4.99 Å². The number of ether oxygens (including phenoxy) is 2. The van der Waals surface area contributed by atoms with Gasteiger partial charge in [0.15, 0.2) is 5.96 Å². The van der Waals surface area contributed by atoms with Gasteiger partial charge in [-0.1, -0.05) is 23.8 Å². The van der Waals surface area contributed by atoms with Gasteiger partial charge in [-0.05, 0) is 37.5 Å². The summed E-state index contributed by atoms with van der Waals surface area (Å²) in [6.07, 6.45) is 3.15. The van der Waals surface area contributed by atoms with E-state index in [0.717, 1.165) is 26.0 Å². The van der Waals surface area contributed by atoms with Crippen molar-refractivity contribution in [2.45, 2.75) is 32.5 Å². The van der Waals surface area contributed by atoms with Gasteiger partial charge in [0.05, 0.1) is 25.9 Å². The van der Waals surface area contributed by atoms with Crippen LogP contribution in [0.2, 0.25) is 0 Å². The van der Waals surface area contributed by atoms with Gasteiger partial charge in [0.1, 0.15) is 5.75 Å². The predicted octanol–water partition coefficient (Wildman–Crippen LogP) is 3.23. The molecule has 3 N–H and O–H groups in total. The zero-order valence-corrected chi connectivity index (χ0v) is 18.2. The van der Waals surface area contributed by atoms with Crippen LogP contribution in [0.4, 0.5) is 8.78 Å². The molecule has 0 saturated carbocycles. The molecule has 1 aliphatic rings. The molecular formula is C19H28F2IN3O3. The molecule has 1 heterocycles. The number of nitrogens with zero attached hydrogens (tertiary/aromatic N) is 1. The molecule has 1 aliphatic heterocycles. The smallest absolute Gasteiger partial charge is 0.387 e. The van der Waals surface area contributed by atoms with E-state index in [0.29, 0.717) is 24.7 Å². The van der Waals surface area contributed by atoms with E-state index in [1.165, 1.54) is 17.7 Å². The average Bonchev–Trinajstić information content (AvgIpc) is 2.67. The van der Waals surface area contributed by atoms with Crippen LogP contribution in [0, 0.1) is 0 Å². The molecule has 1 aromatic rings. The van der Waals surface area contributed by atoms with Gasteiger partial charge in [-0.2, -0.15) is 8.78 Å². The molecule has 0 saturated heterocycles. The van der Waals surface area contributed by atoms with Gasteiger partial charge >= 0.3 is 6.61 Å². The Labute approximate surface area is 181 Å². The third-order valence-electron chi connectivity index (χ3n) is 4.05. The summed E-state index contributed by atoms with van der Waals surface area (Å²) in [5.41, 5.74) is 1.96. The normalized spacial score (nSPS) is 15.5. The number of guanidine groups is 1. The molecule has 1 unspecified atom stereocenters. The molecule has 1 atom stereocenters. The highest BCUT2D eigenvalue weighted by atomic mass is 127. The topological polar surface area (TPSA) is 75.1 Å². The minimum Gasteiger partial charge on any atom is -0.435 e. The van der Waals surface area contributed by atoms with E-state index in [2.05, 4.69) is 26.4 Å². The lowest BCUT2D eigenvalue weighted by molar-refractivity contribution is -0.0498. The number of aliphatic hydroxyl groups is 1. The zero-order chi connectivity index (χ0) is 19.5. The second kappa shape index (κ2) is 13.7. The zero-order valence-electron chi connectivity index (χ0n) is 15.9. The second-order valence-corrected chi connectivity index (χ2v) is 6.05. The molecule has 158 valence electrons. The number of alkyl halides is 2. The maximum Gasteiger partial charge on any atom is 0.387 e. The van der Waals surface area contributed by atoms with E-state index in [1.54, 1.807) is 12.1 Å². The van der Waals surface area contributed by atoms with Crippen molar-refractivity contribution in [3.63, 3.8) is 0 Å². The van der Waals surface area contributed by atoms with Gasteiger partial charge in [-0.15, -0.1) is 24.0 Å². The first-order valence-electron chi connectivity index (χ1n) is 9.09. The quantitative estimate of drug-likeness (QED) is 0.206. The lowest BCUT2D eigenvalue weighted by Crippen LogP contribution is -2.38. The highest BCUT2D eigenvalue weighted by Gasteiger charge is 2.10. The van der Waals surface area contributed by atoms with Gasteiger partial charge in [0.2, 0.25) is 0 Å². The number of rotatable bonds is 9. The molecule has 0 aliphatic carbocycles. The first-order chi connectivity index (χ1) is 13.1. The van der Waals surface area contributed by atoms with E-state index in [4.69, 9.17) is 4.74 Å². The number of halogens is 3. The fourth-order valence-corrected chi connectivity index (χ4v) is 2.63. The fraction of sp³-hybridized carbons (Fsp3) is 0.526. The monoisotopic (exact) mass is 511 g/mol. The summed E-state index contributed by atoms with van der Waals surface area (Å²) in [7, 11) is 0. The number of hydrogen-bond donors (Lipinski definition) is 3. The van der Waals surface area contributed by atoms with Crippen molar-refractivity contribution < 1.29 is 23.4 Å². The average molecular weight is 511 g/mol. The molecule has 6 nitrogen and oxygen atoms in total. The van der Waals surface area contributed by atoms with E-state index < -0.39 is 12.7 Å². The Balaban J connectivity index is 0.00000392. The van der Waals surface area contributed by atoms with Crippen molar-refractivity contribution in [3.8, 4) is 5.75 Å². The van der Waals surface area contributed by atoms with Crippen molar-refractivity contribution in [2.75, 3.05) is 32.8 Å². The molecule has 0 amide bonds. The van der Waals surface area contributed by atoms with Crippen LogP contribution in [-0.2, 0) is 4.74 Å². The predicted molar refractivity (Wildman–Crippen MR) is 116 cm³/mol. The largest absolute Gasteiger partial charge is 0.435 e. The third kappa shape index (κ3) is 9.16. The number of nitrogens with one attached hydrogen (secondary N) is 2. The number of aliphatic imine (C=N–C) groups is 1. The molecule has 0 radical (unpaired) electrons. The standard InChI is InChI=1S/C19H27F2N3O3.HI/c1-2-22-19(23-10-7-14-8-11-26-12-9-14)24-13-17(25)15-3-5-16(6-4-15)27-18(20)21;/h3-6,8,17-18,25H,2,7,9-13H2,1H3,(H2,22,23,24);1H. The Morgan fingerprint density at radius 1 is 1.29 bits per heavy atom. The van der Waals surface area contributed by atoms with Crippen LogP contribution in [-0.4, -0.2) is 50.5 Å². The Bertz CT molecular complexity index is 627. The fourth-order valence-electron chi connectivity index (χ4n) is 2.63. The van der Waals surface area contributed by atoms with Crippen LogP contribution in [0.3, 0.4) is 0 Å². The van der Waals surface area contributed by atoms with Crippen LogP contribution in [0.15, 0.2) is 40.9 Å². The lowest BCUT2D eigenvalue weighted by Gasteiger charge is -2.16. The van der Waals surface area contributed by atoms with Gasteiger partial charge in [0.25, 0.3) is 0 Å². The van der Waals surface area contributed by atoms with Crippen molar-refractivity contribution in [2.24, 2.45) is 4.99 Å². The third-order valence-corrected chi connectivity index (χ3v) is 4.05. The van der Waals surface area contributed by atoms with Crippen LogP contribution < -0.4 is 15.4 Å². The highest BCUT2D eigenvalue weighted by molar-refractivity contribution is 14.0. The second-order valence-electron chi connectivity index (χ2n) is 6.05. The molecule has 9 heteroatoms. The summed E-state index contributed by atoms with van der Waals surface area (Å²) in [5, 5.41) is 16.7. The van der Waals surface area contributed by atoms with E-state index >= 15 is 0 Å². The van der Waals surface area contributed by atoms with Crippen molar-refractivity contribution in [1.82, 2.24) is 10.6 Å². The SMILES string of the molecule is CCNC(=NCC(O)c1ccc(OC(F)F)cc1)NCCC1=CCOCC1.I. The number of hydrogen-bond acceptors (Lipinski definition) is 4. The molecule has 28 heavy (non-hydrogen) atoms. The van der Waals surface area contributed by atoms with Gasteiger partial charge in [0, 0.05) is 13.1 Å². The van der Waals surface area contributed by atoms with Crippen LogP contribution in [0.5, 0.6) is 5.75 Å². The first-order valence-corrected chi connectivity index (χ1v) is 9.09. The molecule has 1 aromatic carbocycles. The first kappa shape index (κ1) is 24.6. The Hall–Kier alpha value is -1.46. The van der Waals surface area contributed by atoms with Crippen LogP contribution in [0.25, 0.3) is 0 Å². The van der Waals surface area contributed by atoms with Crippen molar-refractivity contribution in [1.29, 1.82) is 0 Å². The molecule has 0 fully saturated rings. The summed E-state index contributed by atoms with van der Waals surface area (Å²) < 4.78 is 33.9. The summed E-state index contributed by atoms with van der Waals surface area (Å²) in [6.45, 7) is 2.16. The maximum atomic E-state index is 12.2. The molecule has 0 aromatic heterocycles. The summed E-state index contributed by atoms with van der Waals surface area (Å²) in [5.74, 6) is 0.684. The van der Waals surface area contributed by atoms with Crippen LogP contribution in [0.1, 0.15) is 31.4 Å². The minimum atomic E-state index is -2.86. The lowest BCUT2D eigenvalue weighted by atomic mass is 10.1. The van der Waals surface area contributed by atoms with E-state index in [-0.39, 0.29) is 36.3 Å². The Morgan fingerprint density at radius 3 is 2.64 bits per heavy atom. The number of aliphatic hydroxyl groups excluding tert-OH is 1. The highest BCUT2D eigenvalue weighted by Crippen LogP contribution is 2.19. The Kier molecular flexibility index (Phi) is 12.0. The van der Waals surface area contributed by atoms with Gasteiger partial charge in [-0.25, -0.2) is 0 Å². The summed E-state index contributed by atoms with van der Waals surface area (Å²) in [6, 6.07) is 5.91. The Morgan fingerprint density at radius 2 is 2.04 bits per heavy atom. The number of benzene rings is 1. The van der Waals surface area contributed by atoms with Crippen LogP contribution >= 0.6 is 24.0 Å². The summed E-state index contributed by atoms with van der Waals surface area (Å²) in [4.78, 5) is 4.39. The maximum absolute atomic E-state index is 12.2. The van der Waals surface area contributed by atoms with Crippen molar-refractivity contribution in [3.05, 3.63) is 41.5 Å². The molecular weight excluding hydrogens is 483 g/mol. The van der Waals surface area contributed by atoms with E-state index in [9.17, 15) is 13.9 Å². The minimum absolute atomic E-state index is 0. The molecule has 0 bridgehead atoms. The van der Waals surface area contributed by atoms with E-state index in [1.807, 2.05) is 6.92 Å². The molecule has 2 rings (SSSR count). The summed E-state index contributed by atoms with van der Waals surface area (Å²) >= 11 is 0. The molecule has 0 spiro atoms. The van der Waals surface area contributed by atoms with Gasteiger partial charge < -0.3 is 25.2 Å².